The molecule has 1 unspecified atom stereocenters. The molecule has 5 nitrogen and oxygen atoms in total. The fourth-order valence-electron chi connectivity index (χ4n) is 8.30. The maximum atomic E-state index is 4.96. The van der Waals surface area contributed by atoms with Crippen molar-refractivity contribution < 1.29 is 0 Å². The number of imidazole rings is 1. The first-order valence-electron chi connectivity index (χ1n) is 18.8. The summed E-state index contributed by atoms with van der Waals surface area (Å²) in [5, 5.41) is 3.63. The first kappa shape index (κ1) is 31.3. The summed E-state index contributed by atoms with van der Waals surface area (Å²) in [4.78, 5) is 12.1. The van der Waals surface area contributed by atoms with E-state index in [9.17, 15) is 0 Å². The van der Waals surface area contributed by atoms with Crippen molar-refractivity contribution in [2.24, 2.45) is 4.99 Å². The molecule has 5 heterocycles. The van der Waals surface area contributed by atoms with Gasteiger partial charge < -0.3 is 13.9 Å². The highest BCUT2D eigenvalue weighted by Gasteiger charge is 2.25. The van der Waals surface area contributed by atoms with Gasteiger partial charge in [-0.15, -0.1) is 0 Å². The van der Waals surface area contributed by atoms with Crippen molar-refractivity contribution in [2.75, 3.05) is 6.54 Å². The van der Waals surface area contributed by atoms with Gasteiger partial charge in [0.05, 0.1) is 29.5 Å². The molecule has 0 fully saturated rings. The van der Waals surface area contributed by atoms with E-state index in [0.29, 0.717) is 0 Å². The van der Waals surface area contributed by atoms with E-state index in [1.807, 2.05) is 24.4 Å². The van der Waals surface area contributed by atoms with E-state index in [1.54, 1.807) is 0 Å². The van der Waals surface area contributed by atoms with E-state index in [0.717, 1.165) is 35.0 Å². The number of fused-ring (bicyclic) bond motifs is 4. The van der Waals surface area contributed by atoms with E-state index >= 15 is 0 Å². The molecule has 3 aromatic heterocycles. The molecule has 9 aromatic rings. The van der Waals surface area contributed by atoms with E-state index in [2.05, 4.69) is 184 Å². The summed E-state index contributed by atoms with van der Waals surface area (Å²) in [5.41, 5.74) is 13.6. The number of aliphatic imine (C=N–C) groups is 1. The van der Waals surface area contributed by atoms with Crippen LogP contribution in [-0.2, 0) is 0 Å². The number of aromatic nitrogens is 3. The Morgan fingerprint density at radius 3 is 2.11 bits per heavy atom. The van der Waals surface area contributed by atoms with Crippen LogP contribution < -0.4 is 0 Å². The summed E-state index contributed by atoms with van der Waals surface area (Å²) in [6.07, 6.45) is 12.5. The number of benzene rings is 6. The molecule has 260 valence electrons. The smallest absolute Gasteiger partial charge is 0.137 e. The molecule has 0 aliphatic carbocycles. The molecule has 0 radical (unpaired) electrons. The number of amidine groups is 1. The Morgan fingerprint density at radius 1 is 0.582 bits per heavy atom. The number of hydrogen-bond acceptors (Lipinski definition) is 3. The van der Waals surface area contributed by atoms with Crippen LogP contribution in [0.1, 0.15) is 11.6 Å². The standard InChI is InChI=1S/C50H35N5/c1-3-11-37(12-4-1)49-43-30-41-29-39(34-17-19-35(20-18-34)44-32-53-27-9-7-15-47(53)51-44)21-22-40(41)31-46(43)55(50(49)38-13-5-2-6-14-38)42-25-23-36(24-26-42)45-33-54-28-10-8-16-48(54)52-45/h1-31,33,44H,32H2. The maximum absolute atomic E-state index is 4.96. The summed E-state index contributed by atoms with van der Waals surface area (Å²) in [5.74, 6) is 1.04. The zero-order chi connectivity index (χ0) is 36.3. The molecule has 11 rings (SSSR count). The molecule has 2 aliphatic rings. The Bertz CT molecular complexity index is 2950. The Hall–Kier alpha value is -7.24. The number of hydrogen-bond donors (Lipinski definition) is 0. The van der Waals surface area contributed by atoms with Crippen molar-refractivity contribution >= 4 is 33.2 Å². The molecule has 0 N–H and O–H groups in total. The average Bonchev–Trinajstić information content (AvgIpc) is 3.98. The molecule has 5 heteroatoms. The van der Waals surface area contributed by atoms with Gasteiger partial charge in [-0.05, 0) is 93.2 Å². The van der Waals surface area contributed by atoms with E-state index in [1.165, 1.54) is 60.8 Å². The molecule has 55 heavy (non-hydrogen) atoms. The first-order chi connectivity index (χ1) is 27.2. The van der Waals surface area contributed by atoms with Gasteiger partial charge in [-0.3, -0.25) is 4.99 Å². The van der Waals surface area contributed by atoms with Crippen LogP contribution in [0.3, 0.4) is 0 Å². The zero-order valence-corrected chi connectivity index (χ0v) is 30.0. The summed E-state index contributed by atoms with van der Waals surface area (Å²) in [6, 6.07) is 57.3. The van der Waals surface area contributed by atoms with Crippen LogP contribution in [0.2, 0.25) is 0 Å². The van der Waals surface area contributed by atoms with Gasteiger partial charge in [-0.25, -0.2) is 4.98 Å². The lowest BCUT2D eigenvalue weighted by Gasteiger charge is -2.16. The molecule has 0 spiro atoms. The second-order valence-corrected chi connectivity index (χ2v) is 14.3. The summed E-state index contributed by atoms with van der Waals surface area (Å²) in [7, 11) is 0. The third-order valence-corrected chi connectivity index (χ3v) is 11.0. The van der Waals surface area contributed by atoms with E-state index in [-0.39, 0.29) is 6.04 Å². The highest BCUT2D eigenvalue weighted by molar-refractivity contribution is 6.11. The molecule has 0 bridgehead atoms. The van der Waals surface area contributed by atoms with Gasteiger partial charge in [-0.1, -0.05) is 121 Å². The monoisotopic (exact) mass is 705 g/mol. The van der Waals surface area contributed by atoms with Crippen molar-refractivity contribution in [3.8, 4) is 50.5 Å². The first-order valence-corrected chi connectivity index (χ1v) is 18.8. The van der Waals surface area contributed by atoms with Gasteiger partial charge in [0.15, 0.2) is 0 Å². The molecular formula is C50H35N5. The normalized spacial score (nSPS) is 14.9. The van der Waals surface area contributed by atoms with Gasteiger partial charge in [-0.2, -0.15) is 0 Å². The SMILES string of the molecule is C1=CC2=NC(c3ccc(-c4ccc5cc6c(cc5c4)c(-c4ccccc4)c(-c4ccccc4)n6-c4ccc(-c5cn6ccccc6n5)cc4)cc3)CN2C=C1. The molecule has 0 saturated heterocycles. The maximum Gasteiger partial charge on any atom is 0.137 e. The van der Waals surface area contributed by atoms with Crippen LogP contribution in [0.5, 0.6) is 0 Å². The lowest BCUT2D eigenvalue weighted by atomic mass is 9.95. The molecule has 2 aliphatic heterocycles. The second-order valence-electron chi connectivity index (χ2n) is 14.3. The van der Waals surface area contributed by atoms with Crippen molar-refractivity contribution in [3.63, 3.8) is 0 Å². The third kappa shape index (κ3) is 5.40. The molecule has 1 atom stereocenters. The van der Waals surface area contributed by atoms with Crippen LogP contribution in [0.15, 0.2) is 200 Å². The predicted molar refractivity (Wildman–Crippen MR) is 226 cm³/mol. The van der Waals surface area contributed by atoms with Gasteiger partial charge in [0.1, 0.15) is 11.5 Å². The Kier molecular flexibility index (Phi) is 7.24. The Labute approximate surface area is 319 Å². The number of nitrogens with zero attached hydrogens (tertiary/aromatic N) is 5. The minimum absolute atomic E-state index is 0.141. The van der Waals surface area contributed by atoms with Crippen molar-refractivity contribution in [1.82, 2.24) is 18.9 Å². The van der Waals surface area contributed by atoms with E-state index < -0.39 is 0 Å². The summed E-state index contributed by atoms with van der Waals surface area (Å²) >= 11 is 0. The number of allylic oxidation sites excluding steroid dienone is 2. The Balaban J connectivity index is 1.05. The lowest BCUT2D eigenvalue weighted by molar-refractivity contribution is 0.550. The van der Waals surface area contributed by atoms with Gasteiger partial charge in [0, 0.05) is 40.8 Å². The van der Waals surface area contributed by atoms with E-state index in [4.69, 9.17) is 9.98 Å². The quantitative estimate of drug-likeness (QED) is 0.173. The fourth-order valence-corrected chi connectivity index (χ4v) is 8.30. The summed E-state index contributed by atoms with van der Waals surface area (Å²) < 4.78 is 4.51. The molecule has 0 saturated carbocycles. The van der Waals surface area contributed by atoms with Crippen LogP contribution in [0, 0.1) is 0 Å². The highest BCUT2D eigenvalue weighted by atomic mass is 15.2. The minimum Gasteiger partial charge on any atom is -0.331 e. The molecule has 0 amide bonds. The van der Waals surface area contributed by atoms with Crippen LogP contribution in [0.4, 0.5) is 0 Å². The van der Waals surface area contributed by atoms with Crippen molar-refractivity contribution in [2.45, 2.75) is 6.04 Å². The average molecular weight is 706 g/mol. The second kappa shape index (κ2) is 12.7. The third-order valence-electron chi connectivity index (χ3n) is 11.0. The van der Waals surface area contributed by atoms with Crippen LogP contribution in [-0.4, -0.2) is 31.2 Å². The zero-order valence-electron chi connectivity index (χ0n) is 30.0. The number of pyridine rings is 1. The fraction of sp³-hybridized carbons (Fsp3) is 0.0400. The largest absolute Gasteiger partial charge is 0.331 e. The lowest BCUT2D eigenvalue weighted by Crippen LogP contribution is -2.21. The van der Waals surface area contributed by atoms with Gasteiger partial charge >= 0.3 is 0 Å². The van der Waals surface area contributed by atoms with Gasteiger partial charge in [0.25, 0.3) is 0 Å². The summed E-state index contributed by atoms with van der Waals surface area (Å²) in [6.45, 7) is 0.877. The predicted octanol–water partition coefficient (Wildman–Crippen LogP) is 11.9. The van der Waals surface area contributed by atoms with Crippen LogP contribution in [0.25, 0.3) is 77.8 Å². The van der Waals surface area contributed by atoms with Gasteiger partial charge in [0.2, 0.25) is 0 Å². The minimum atomic E-state index is 0.141. The molecule has 6 aromatic carbocycles. The Morgan fingerprint density at radius 2 is 1.33 bits per heavy atom. The number of rotatable bonds is 6. The van der Waals surface area contributed by atoms with Crippen molar-refractivity contribution in [3.05, 3.63) is 200 Å². The topological polar surface area (TPSA) is 37.8 Å². The highest BCUT2D eigenvalue weighted by Crippen LogP contribution is 2.44. The van der Waals surface area contributed by atoms with Crippen LogP contribution >= 0.6 is 0 Å². The van der Waals surface area contributed by atoms with Crippen molar-refractivity contribution in [1.29, 1.82) is 0 Å². The molecular weight excluding hydrogens is 671 g/mol.